The first-order chi connectivity index (χ1) is 10.1. The largest absolute Gasteiger partial charge is 0.489 e. The Morgan fingerprint density at radius 3 is 2.43 bits per heavy atom. The van der Waals surface area contributed by atoms with Gasteiger partial charge in [-0.2, -0.15) is 0 Å². The third-order valence-corrected chi connectivity index (χ3v) is 2.95. The molecule has 0 fully saturated rings. The molecule has 2 aromatic carbocycles. The summed E-state index contributed by atoms with van der Waals surface area (Å²) >= 11 is 0. The van der Waals surface area contributed by atoms with Gasteiger partial charge in [0, 0.05) is 12.1 Å². The predicted molar refractivity (Wildman–Crippen MR) is 84.5 cm³/mol. The molecule has 0 aliphatic rings. The van der Waals surface area contributed by atoms with Crippen molar-refractivity contribution in [2.24, 2.45) is 5.73 Å². The zero-order valence-corrected chi connectivity index (χ0v) is 12.3. The van der Waals surface area contributed by atoms with E-state index in [0.29, 0.717) is 23.5 Å². The first-order valence-electron chi connectivity index (χ1n) is 6.96. The van der Waals surface area contributed by atoms with Gasteiger partial charge in [-0.15, -0.1) is 0 Å². The van der Waals surface area contributed by atoms with Crippen LogP contribution in [0.15, 0.2) is 48.5 Å². The number of carbonyl (C=O) groups is 1. The van der Waals surface area contributed by atoms with Crippen LogP contribution >= 0.6 is 0 Å². The molecule has 0 saturated heterocycles. The summed E-state index contributed by atoms with van der Waals surface area (Å²) in [5, 5.41) is 2.87. The Kier molecular flexibility index (Phi) is 4.95. The smallest absolute Gasteiger partial charge is 0.255 e. The number of carbonyl (C=O) groups excluding carboxylic acids is 1. The number of para-hydroxylation sites is 2. The Morgan fingerprint density at radius 2 is 1.81 bits per heavy atom. The molecule has 0 unspecified atom stereocenters. The Hall–Kier alpha value is -2.33. The topological polar surface area (TPSA) is 64.3 Å². The zero-order chi connectivity index (χ0) is 15.2. The molecule has 0 bridgehead atoms. The highest BCUT2D eigenvalue weighted by atomic mass is 16.5. The van der Waals surface area contributed by atoms with Gasteiger partial charge in [-0.25, -0.2) is 0 Å². The Bertz CT molecular complexity index is 606. The van der Waals surface area contributed by atoms with Crippen LogP contribution in [0, 0.1) is 0 Å². The summed E-state index contributed by atoms with van der Waals surface area (Å²) in [6.45, 7) is 4.36. The molecule has 0 heterocycles. The lowest BCUT2D eigenvalue weighted by atomic mass is 10.1. The van der Waals surface area contributed by atoms with Crippen LogP contribution in [0.3, 0.4) is 0 Å². The molecule has 0 spiro atoms. The number of ether oxygens (including phenoxy) is 1. The molecule has 110 valence electrons. The van der Waals surface area contributed by atoms with Crippen molar-refractivity contribution in [3.8, 4) is 5.75 Å². The van der Waals surface area contributed by atoms with Gasteiger partial charge >= 0.3 is 0 Å². The minimum Gasteiger partial charge on any atom is -0.489 e. The molecule has 21 heavy (non-hydrogen) atoms. The molecule has 0 saturated carbocycles. The van der Waals surface area contributed by atoms with E-state index in [2.05, 4.69) is 5.32 Å². The lowest BCUT2D eigenvalue weighted by Gasteiger charge is -2.14. The van der Waals surface area contributed by atoms with Crippen LogP contribution in [0.5, 0.6) is 5.75 Å². The molecule has 2 rings (SSSR count). The van der Waals surface area contributed by atoms with E-state index in [-0.39, 0.29) is 12.0 Å². The lowest BCUT2D eigenvalue weighted by Crippen LogP contribution is -2.14. The van der Waals surface area contributed by atoms with Gasteiger partial charge in [0.05, 0.1) is 11.8 Å². The predicted octanol–water partition coefficient (Wildman–Crippen LogP) is 3.18. The fourth-order valence-electron chi connectivity index (χ4n) is 1.91. The molecule has 0 aliphatic heterocycles. The van der Waals surface area contributed by atoms with E-state index >= 15 is 0 Å². The van der Waals surface area contributed by atoms with Crippen LogP contribution in [0.1, 0.15) is 29.8 Å². The SMILES string of the molecule is CC(C)Oc1ccccc1NC(=O)c1ccc(CN)cc1. The monoisotopic (exact) mass is 284 g/mol. The van der Waals surface area contributed by atoms with Crippen molar-refractivity contribution in [2.75, 3.05) is 5.32 Å². The minimum atomic E-state index is -0.168. The molecule has 0 atom stereocenters. The Morgan fingerprint density at radius 1 is 1.14 bits per heavy atom. The lowest BCUT2D eigenvalue weighted by molar-refractivity contribution is 0.102. The third-order valence-electron chi connectivity index (χ3n) is 2.95. The van der Waals surface area contributed by atoms with Crippen LogP contribution in [0.4, 0.5) is 5.69 Å². The van der Waals surface area contributed by atoms with Crippen LogP contribution in [-0.4, -0.2) is 12.0 Å². The van der Waals surface area contributed by atoms with E-state index in [1.807, 2.05) is 50.2 Å². The quantitative estimate of drug-likeness (QED) is 0.886. The van der Waals surface area contributed by atoms with Gasteiger partial charge in [0.1, 0.15) is 5.75 Å². The van der Waals surface area contributed by atoms with E-state index in [4.69, 9.17) is 10.5 Å². The number of nitrogens with one attached hydrogen (secondary N) is 1. The number of amides is 1. The van der Waals surface area contributed by atoms with Crippen LogP contribution in [0.25, 0.3) is 0 Å². The molecule has 0 aromatic heterocycles. The standard InChI is InChI=1S/C17H20N2O2/c1-12(2)21-16-6-4-3-5-15(16)19-17(20)14-9-7-13(11-18)8-10-14/h3-10,12H,11,18H2,1-2H3,(H,19,20). The molecule has 2 aromatic rings. The molecule has 3 N–H and O–H groups in total. The molecule has 4 nitrogen and oxygen atoms in total. The van der Waals surface area contributed by atoms with Gasteiger partial charge in [0.2, 0.25) is 0 Å². The highest BCUT2D eigenvalue weighted by molar-refractivity contribution is 6.05. The van der Waals surface area contributed by atoms with Gasteiger partial charge in [0.15, 0.2) is 0 Å². The van der Waals surface area contributed by atoms with Gasteiger partial charge in [-0.1, -0.05) is 24.3 Å². The summed E-state index contributed by atoms with van der Waals surface area (Å²) in [7, 11) is 0. The number of benzene rings is 2. The Labute approximate surface area is 124 Å². The molecule has 4 heteroatoms. The van der Waals surface area contributed by atoms with Crippen molar-refractivity contribution < 1.29 is 9.53 Å². The number of rotatable bonds is 5. The maximum absolute atomic E-state index is 12.3. The summed E-state index contributed by atoms with van der Waals surface area (Å²) in [4.78, 5) is 12.3. The fraction of sp³-hybridized carbons (Fsp3) is 0.235. The first kappa shape index (κ1) is 15.1. The van der Waals surface area contributed by atoms with Crippen LogP contribution < -0.4 is 15.8 Å². The normalized spacial score (nSPS) is 10.5. The number of hydrogen-bond acceptors (Lipinski definition) is 3. The summed E-state index contributed by atoms with van der Waals surface area (Å²) in [6, 6.07) is 14.6. The maximum Gasteiger partial charge on any atom is 0.255 e. The maximum atomic E-state index is 12.3. The van der Waals surface area contributed by atoms with Gasteiger partial charge in [-0.3, -0.25) is 4.79 Å². The summed E-state index contributed by atoms with van der Waals surface area (Å²) in [6.07, 6.45) is 0.0480. The van der Waals surface area contributed by atoms with E-state index in [9.17, 15) is 4.79 Å². The van der Waals surface area contributed by atoms with Gasteiger partial charge in [-0.05, 0) is 43.7 Å². The average molecular weight is 284 g/mol. The number of nitrogens with two attached hydrogens (primary N) is 1. The number of anilines is 1. The van der Waals surface area contributed by atoms with E-state index in [1.54, 1.807) is 12.1 Å². The highest BCUT2D eigenvalue weighted by Gasteiger charge is 2.10. The summed E-state index contributed by atoms with van der Waals surface area (Å²) in [5.74, 6) is 0.498. The fourth-order valence-corrected chi connectivity index (χ4v) is 1.91. The molecular formula is C17H20N2O2. The second-order valence-electron chi connectivity index (χ2n) is 5.02. The van der Waals surface area contributed by atoms with Crippen molar-refractivity contribution in [1.82, 2.24) is 0 Å². The highest BCUT2D eigenvalue weighted by Crippen LogP contribution is 2.25. The van der Waals surface area contributed by atoms with Crippen molar-refractivity contribution in [1.29, 1.82) is 0 Å². The third kappa shape index (κ3) is 4.07. The van der Waals surface area contributed by atoms with Crippen LogP contribution in [0.2, 0.25) is 0 Å². The number of hydrogen-bond donors (Lipinski definition) is 2. The molecule has 1 amide bonds. The zero-order valence-electron chi connectivity index (χ0n) is 12.3. The van der Waals surface area contributed by atoms with Crippen molar-refractivity contribution in [3.63, 3.8) is 0 Å². The van der Waals surface area contributed by atoms with Gasteiger partial charge < -0.3 is 15.8 Å². The minimum absolute atomic E-state index is 0.0480. The second-order valence-corrected chi connectivity index (χ2v) is 5.02. The summed E-state index contributed by atoms with van der Waals surface area (Å²) in [5.41, 5.74) is 7.80. The van der Waals surface area contributed by atoms with Crippen molar-refractivity contribution in [2.45, 2.75) is 26.5 Å². The molecular weight excluding hydrogens is 264 g/mol. The first-order valence-corrected chi connectivity index (χ1v) is 6.96. The van der Waals surface area contributed by atoms with Crippen molar-refractivity contribution in [3.05, 3.63) is 59.7 Å². The average Bonchev–Trinajstić information content (AvgIpc) is 2.49. The summed E-state index contributed by atoms with van der Waals surface area (Å²) < 4.78 is 5.69. The molecule has 0 radical (unpaired) electrons. The van der Waals surface area contributed by atoms with E-state index in [0.717, 1.165) is 5.56 Å². The van der Waals surface area contributed by atoms with E-state index in [1.165, 1.54) is 0 Å². The second kappa shape index (κ2) is 6.90. The van der Waals surface area contributed by atoms with Crippen molar-refractivity contribution >= 4 is 11.6 Å². The Balaban J connectivity index is 2.15. The van der Waals surface area contributed by atoms with E-state index < -0.39 is 0 Å². The molecule has 0 aliphatic carbocycles. The van der Waals surface area contributed by atoms with Crippen LogP contribution in [-0.2, 0) is 6.54 Å². The van der Waals surface area contributed by atoms with Gasteiger partial charge in [0.25, 0.3) is 5.91 Å².